The van der Waals surface area contributed by atoms with Gasteiger partial charge in [-0.2, -0.15) is 0 Å². The first-order chi connectivity index (χ1) is 10.3. The van der Waals surface area contributed by atoms with Gasteiger partial charge in [0.15, 0.2) is 11.5 Å². The third kappa shape index (κ3) is 3.13. The van der Waals surface area contributed by atoms with Crippen LogP contribution in [-0.4, -0.2) is 37.4 Å². The van der Waals surface area contributed by atoms with E-state index in [2.05, 4.69) is 5.32 Å². The second-order valence-corrected chi connectivity index (χ2v) is 5.70. The quantitative estimate of drug-likeness (QED) is 0.884. The van der Waals surface area contributed by atoms with Crippen molar-refractivity contribution in [1.82, 2.24) is 5.32 Å². The molecule has 5 heteroatoms. The lowest BCUT2D eigenvalue weighted by atomic mass is 9.97. The fourth-order valence-electron chi connectivity index (χ4n) is 3.13. The van der Waals surface area contributed by atoms with Crippen LogP contribution in [0.3, 0.4) is 0 Å². The fraction of sp³-hybridized carbons (Fsp3) is 0.562. The van der Waals surface area contributed by atoms with Crippen molar-refractivity contribution in [3.63, 3.8) is 0 Å². The predicted molar refractivity (Wildman–Crippen MR) is 77.7 cm³/mol. The van der Waals surface area contributed by atoms with E-state index in [0.717, 1.165) is 19.3 Å². The zero-order chi connectivity index (χ0) is 14.7. The molecular formula is C16H21NO4. The number of aliphatic hydroxyl groups excluding tert-OH is 1. The van der Waals surface area contributed by atoms with Gasteiger partial charge in [0, 0.05) is 18.7 Å². The smallest absolute Gasteiger partial charge is 0.251 e. The third-order valence-corrected chi connectivity index (χ3v) is 4.38. The molecule has 0 aromatic heterocycles. The SMILES string of the molecule is O=C(NCC1CCCC1CO)c1ccc2c(c1)OCCO2. The normalized spacial score (nSPS) is 23.9. The second-order valence-electron chi connectivity index (χ2n) is 5.70. The minimum Gasteiger partial charge on any atom is -0.486 e. The molecule has 0 spiro atoms. The van der Waals surface area contributed by atoms with Crippen LogP contribution in [0.2, 0.25) is 0 Å². The van der Waals surface area contributed by atoms with Gasteiger partial charge in [0.05, 0.1) is 0 Å². The number of hydrogen-bond donors (Lipinski definition) is 2. The molecule has 2 atom stereocenters. The van der Waals surface area contributed by atoms with Crippen molar-refractivity contribution in [2.24, 2.45) is 11.8 Å². The van der Waals surface area contributed by atoms with Crippen molar-refractivity contribution in [2.75, 3.05) is 26.4 Å². The largest absolute Gasteiger partial charge is 0.486 e. The number of carbonyl (C=O) groups is 1. The lowest BCUT2D eigenvalue weighted by molar-refractivity contribution is 0.0936. The fourth-order valence-corrected chi connectivity index (χ4v) is 3.13. The highest BCUT2D eigenvalue weighted by Gasteiger charge is 2.27. The maximum Gasteiger partial charge on any atom is 0.251 e. The van der Waals surface area contributed by atoms with Gasteiger partial charge >= 0.3 is 0 Å². The van der Waals surface area contributed by atoms with Gasteiger partial charge in [-0.05, 0) is 42.9 Å². The number of fused-ring (bicyclic) bond motifs is 1. The first kappa shape index (κ1) is 14.2. The van der Waals surface area contributed by atoms with Crippen molar-refractivity contribution < 1.29 is 19.4 Å². The molecule has 21 heavy (non-hydrogen) atoms. The van der Waals surface area contributed by atoms with Gasteiger partial charge in [-0.25, -0.2) is 0 Å². The van der Waals surface area contributed by atoms with E-state index in [0.29, 0.717) is 48.7 Å². The van der Waals surface area contributed by atoms with Crippen LogP contribution >= 0.6 is 0 Å². The second kappa shape index (κ2) is 6.35. The average Bonchev–Trinajstić information content (AvgIpc) is 2.99. The average molecular weight is 291 g/mol. The summed E-state index contributed by atoms with van der Waals surface area (Å²) in [7, 11) is 0. The van der Waals surface area contributed by atoms with Crippen LogP contribution in [-0.2, 0) is 0 Å². The van der Waals surface area contributed by atoms with Crippen LogP contribution in [0.1, 0.15) is 29.6 Å². The first-order valence-electron chi connectivity index (χ1n) is 7.56. The highest BCUT2D eigenvalue weighted by atomic mass is 16.6. The van der Waals surface area contributed by atoms with Crippen LogP contribution in [0.15, 0.2) is 18.2 Å². The number of carbonyl (C=O) groups excluding carboxylic acids is 1. The lowest BCUT2D eigenvalue weighted by Gasteiger charge is -2.20. The molecule has 5 nitrogen and oxygen atoms in total. The van der Waals surface area contributed by atoms with Gasteiger partial charge in [-0.1, -0.05) is 6.42 Å². The van der Waals surface area contributed by atoms with Crippen LogP contribution < -0.4 is 14.8 Å². The Bertz CT molecular complexity index is 517. The molecule has 2 aliphatic rings. The molecular weight excluding hydrogens is 270 g/mol. The van der Waals surface area contributed by atoms with Crippen molar-refractivity contribution in [1.29, 1.82) is 0 Å². The molecule has 3 rings (SSSR count). The number of aliphatic hydroxyl groups is 1. The van der Waals surface area contributed by atoms with Gasteiger partial charge in [0.2, 0.25) is 0 Å². The molecule has 1 aromatic carbocycles. The summed E-state index contributed by atoms with van der Waals surface area (Å²) < 4.78 is 10.9. The van der Waals surface area contributed by atoms with Gasteiger partial charge < -0.3 is 19.9 Å². The van der Waals surface area contributed by atoms with E-state index >= 15 is 0 Å². The molecule has 1 aromatic rings. The summed E-state index contributed by atoms with van der Waals surface area (Å²) in [6, 6.07) is 5.25. The Morgan fingerprint density at radius 1 is 1.19 bits per heavy atom. The number of amides is 1. The number of nitrogens with one attached hydrogen (secondary N) is 1. The number of rotatable bonds is 4. The number of hydrogen-bond acceptors (Lipinski definition) is 4. The molecule has 1 fully saturated rings. The molecule has 2 unspecified atom stereocenters. The van der Waals surface area contributed by atoms with Gasteiger partial charge in [0.1, 0.15) is 13.2 Å². The summed E-state index contributed by atoms with van der Waals surface area (Å²) in [6.07, 6.45) is 3.27. The lowest BCUT2D eigenvalue weighted by Crippen LogP contribution is -2.31. The molecule has 0 saturated heterocycles. The minimum absolute atomic E-state index is 0.101. The first-order valence-corrected chi connectivity index (χ1v) is 7.56. The summed E-state index contributed by atoms with van der Waals surface area (Å²) in [5, 5.41) is 12.3. The summed E-state index contributed by atoms with van der Waals surface area (Å²) in [5.41, 5.74) is 0.581. The Morgan fingerprint density at radius 3 is 2.76 bits per heavy atom. The molecule has 1 aliphatic heterocycles. The molecule has 1 aliphatic carbocycles. The van der Waals surface area contributed by atoms with Crippen molar-refractivity contribution in [3.05, 3.63) is 23.8 Å². The zero-order valence-electron chi connectivity index (χ0n) is 12.0. The van der Waals surface area contributed by atoms with Gasteiger partial charge in [0.25, 0.3) is 5.91 Å². The molecule has 1 saturated carbocycles. The Labute approximate surface area is 124 Å². The van der Waals surface area contributed by atoms with E-state index < -0.39 is 0 Å². The maximum absolute atomic E-state index is 12.2. The predicted octanol–water partition coefficient (Wildman–Crippen LogP) is 1.60. The van der Waals surface area contributed by atoms with E-state index in [1.54, 1.807) is 18.2 Å². The van der Waals surface area contributed by atoms with Crippen LogP contribution in [0.25, 0.3) is 0 Å². The number of ether oxygens (including phenoxy) is 2. The Kier molecular flexibility index (Phi) is 4.29. The van der Waals surface area contributed by atoms with Crippen LogP contribution in [0.5, 0.6) is 11.5 Å². The van der Waals surface area contributed by atoms with E-state index in [4.69, 9.17) is 9.47 Å². The van der Waals surface area contributed by atoms with Crippen LogP contribution in [0.4, 0.5) is 0 Å². The van der Waals surface area contributed by atoms with Crippen LogP contribution in [0, 0.1) is 11.8 Å². The molecule has 1 amide bonds. The van der Waals surface area contributed by atoms with E-state index in [1.165, 1.54) is 0 Å². The topological polar surface area (TPSA) is 67.8 Å². The molecule has 1 heterocycles. The molecule has 0 radical (unpaired) electrons. The summed E-state index contributed by atoms with van der Waals surface area (Å²) in [4.78, 5) is 12.2. The van der Waals surface area contributed by atoms with Gasteiger partial charge in [-0.15, -0.1) is 0 Å². The van der Waals surface area contributed by atoms with Gasteiger partial charge in [-0.3, -0.25) is 4.79 Å². The summed E-state index contributed by atoms with van der Waals surface area (Å²) >= 11 is 0. The summed E-state index contributed by atoms with van der Waals surface area (Å²) in [6.45, 7) is 1.89. The maximum atomic E-state index is 12.2. The highest BCUT2D eigenvalue weighted by molar-refractivity contribution is 5.94. The van der Waals surface area contributed by atoms with E-state index in [9.17, 15) is 9.90 Å². The molecule has 114 valence electrons. The standard InChI is InChI=1S/C16H21NO4/c18-10-13-3-1-2-12(13)9-17-16(19)11-4-5-14-15(8-11)21-7-6-20-14/h4-5,8,12-13,18H,1-3,6-7,9-10H2,(H,17,19). The number of benzene rings is 1. The highest BCUT2D eigenvalue weighted by Crippen LogP contribution is 2.32. The van der Waals surface area contributed by atoms with E-state index in [1.807, 2.05) is 0 Å². The molecule has 0 bridgehead atoms. The minimum atomic E-state index is -0.101. The van der Waals surface area contributed by atoms with Crippen molar-refractivity contribution in [3.8, 4) is 11.5 Å². The van der Waals surface area contributed by atoms with Crippen molar-refractivity contribution >= 4 is 5.91 Å². The Balaban J connectivity index is 1.60. The van der Waals surface area contributed by atoms with Crippen molar-refractivity contribution in [2.45, 2.75) is 19.3 Å². The zero-order valence-corrected chi connectivity index (χ0v) is 12.0. The molecule has 2 N–H and O–H groups in total. The summed E-state index contributed by atoms with van der Waals surface area (Å²) in [5.74, 6) is 1.93. The Morgan fingerprint density at radius 2 is 1.95 bits per heavy atom. The Hall–Kier alpha value is -1.75. The van der Waals surface area contributed by atoms with E-state index in [-0.39, 0.29) is 12.5 Å². The monoisotopic (exact) mass is 291 g/mol. The third-order valence-electron chi connectivity index (χ3n) is 4.38.